The fourth-order valence-corrected chi connectivity index (χ4v) is 3.71. The van der Waals surface area contributed by atoms with Gasteiger partial charge in [0.25, 0.3) is 0 Å². The number of fused-ring (bicyclic) bond motifs is 3. The Morgan fingerprint density at radius 1 is 0.692 bits per heavy atom. The number of hydrogen-bond donors (Lipinski definition) is 1. The van der Waals surface area contributed by atoms with Crippen LogP contribution in [0, 0.1) is 0 Å². The summed E-state index contributed by atoms with van der Waals surface area (Å²) in [6, 6.07) is 19.9. The monoisotopic (exact) mass is 348 g/mol. The molecule has 136 valence electrons. The normalized spacial score (nSPS) is 11.2. The van der Waals surface area contributed by atoms with E-state index in [0.29, 0.717) is 6.42 Å². The Balaban J connectivity index is 1.43. The number of carboxylic acid groups (broad SMARTS) is 1. The van der Waals surface area contributed by atoms with Gasteiger partial charge in [0.2, 0.25) is 0 Å². The highest BCUT2D eigenvalue weighted by Crippen LogP contribution is 2.26. The van der Waals surface area contributed by atoms with E-state index >= 15 is 0 Å². The molecule has 3 rings (SSSR count). The van der Waals surface area contributed by atoms with E-state index in [1.165, 1.54) is 52.8 Å². The summed E-state index contributed by atoms with van der Waals surface area (Å²) in [5.41, 5.74) is 1.43. The molecule has 0 heterocycles. The van der Waals surface area contributed by atoms with Crippen LogP contribution in [0.5, 0.6) is 0 Å². The minimum atomic E-state index is -0.673. The molecule has 0 aliphatic carbocycles. The Bertz CT molecular complexity index is 866. The lowest BCUT2D eigenvalue weighted by Gasteiger charge is -2.07. The summed E-state index contributed by atoms with van der Waals surface area (Å²) in [6.45, 7) is 0. The topological polar surface area (TPSA) is 37.3 Å². The SMILES string of the molecule is O=C(O)CCCCCCCCCc1ccc2c(ccc3ccccc32)c1. The summed E-state index contributed by atoms with van der Waals surface area (Å²) < 4.78 is 0. The van der Waals surface area contributed by atoms with E-state index in [1.54, 1.807) is 0 Å². The number of aliphatic carboxylic acids is 1. The van der Waals surface area contributed by atoms with E-state index in [0.717, 1.165) is 25.7 Å². The summed E-state index contributed by atoms with van der Waals surface area (Å²) in [7, 11) is 0. The van der Waals surface area contributed by atoms with Gasteiger partial charge in [-0.05, 0) is 46.4 Å². The molecule has 0 amide bonds. The van der Waals surface area contributed by atoms with E-state index in [2.05, 4.69) is 54.6 Å². The molecule has 3 aromatic carbocycles. The van der Waals surface area contributed by atoms with Crippen LogP contribution in [0.25, 0.3) is 21.5 Å². The van der Waals surface area contributed by atoms with Gasteiger partial charge in [-0.15, -0.1) is 0 Å². The number of rotatable bonds is 10. The summed E-state index contributed by atoms with van der Waals surface area (Å²) in [6.07, 6.45) is 9.46. The van der Waals surface area contributed by atoms with Crippen LogP contribution < -0.4 is 0 Å². The van der Waals surface area contributed by atoms with Gasteiger partial charge in [0.15, 0.2) is 0 Å². The van der Waals surface area contributed by atoms with E-state index < -0.39 is 5.97 Å². The van der Waals surface area contributed by atoms with Crippen LogP contribution in [0.3, 0.4) is 0 Å². The standard InChI is InChI=1S/C24H28O2/c25-24(26)13-7-5-3-1-2-4-6-10-19-14-17-23-21(18-19)16-15-20-11-8-9-12-22(20)23/h8-9,11-12,14-18H,1-7,10,13H2,(H,25,26). The van der Waals surface area contributed by atoms with E-state index in [4.69, 9.17) is 5.11 Å². The summed E-state index contributed by atoms with van der Waals surface area (Å²) >= 11 is 0. The second-order valence-corrected chi connectivity index (χ2v) is 7.21. The molecule has 2 heteroatoms. The van der Waals surface area contributed by atoms with Crippen LogP contribution in [-0.4, -0.2) is 11.1 Å². The van der Waals surface area contributed by atoms with Crippen molar-refractivity contribution < 1.29 is 9.90 Å². The minimum absolute atomic E-state index is 0.317. The summed E-state index contributed by atoms with van der Waals surface area (Å²) in [5, 5.41) is 13.9. The molecule has 0 saturated heterocycles. The van der Waals surface area contributed by atoms with Crippen LogP contribution >= 0.6 is 0 Å². The first kappa shape index (κ1) is 18.4. The van der Waals surface area contributed by atoms with Crippen LogP contribution in [0.1, 0.15) is 56.9 Å². The number of aryl methyl sites for hydroxylation is 1. The van der Waals surface area contributed by atoms with Crippen molar-refractivity contribution in [3.63, 3.8) is 0 Å². The Hall–Kier alpha value is -2.35. The second-order valence-electron chi connectivity index (χ2n) is 7.21. The highest BCUT2D eigenvalue weighted by Gasteiger charge is 2.02. The lowest BCUT2D eigenvalue weighted by Crippen LogP contribution is -1.93. The molecule has 2 nitrogen and oxygen atoms in total. The predicted octanol–water partition coefficient (Wildman–Crippen LogP) is 6.74. The second kappa shape index (κ2) is 9.38. The molecule has 0 aliphatic rings. The molecule has 0 aliphatic heterocycles. The van der Waals surface area contributed by atoms with Gasteiger partial charge in [-0.1, -0.05) is 86.7 Å². The fraction of sp³-hybridized carbons (Fsp3) is 0.375. The van der Waals surface area contributed by atoms with Gasteiger partial charge < -0.3 is 5.11 Å². The number of hydrogen-bond acceptors (Lipinski definition) is 1. The highest BCUT2D eigenvalue weighted by molar-refractivity contribution is 6.07. The highest BCUT2D eigenvalue weighted by atomic mass is 16.4. The third kappa shape index (κ3) is 5.08. The minimum Gasteiger partial charge on any atom is -0.481 e. The van der Waals surface area contributed by atoms with Gasteiger partial charge in [-0.3, -0.25) is 4.79 Å². The van der Waals surface area contributed by atoms with Crippen LogP contribution in [0.15, 0.2) is 54.6 Å². The van der Waals surface area contributed by atoms with Gasteiger partial charge in [-0.2, -0.15) is 0 Å². The number of unbranched alkanes of at least 4 members (excludes halogenated alkanes) is 6. The van der Waals surface area contributed by atoms with Crippen molar-refractivity contribution in [3.8, 4) is 0 Å². The number of carboxylic acids is 1. The van der Waals surface area contributed by atoms with Gasteiger partial charge in [-0.25, -0.2) is 0 Å². The fourth-order valence-electron chi connectivity index (χ4n) is 3.71. The van der Waals surface area contributed by atoms with E-state index in [1.807, 2.05) is 0 Å². The molecule has 1 N–H and O–H groups in total. The van der Waals surface area contributed by atoms with Gasteiger partial charge in [0.05, 0.1) is 0 Å². The maximum atomic E-state index is 10.5. The average molecular weight is 348 g/mol. The molecule has 0 saturated carbocycles. The Morgan fingerprint density at radius 2 is 1.35 bits per heavy atom. The van der Waals surface area contributed by atoms with Crippen molar-refractivity contribution in [2.75, 3.05) is 0 Å². The predicted molar refractivity (Wildman–Crippen MR) is 110 cm³/mol. The van der Waals surface area contributed by atoms with Gasteiger partial charge in [0.1, 0.15) is 0 Å². The van der Waals surface area contributed by atoms with Crippen LogP contribution in [0.2, 0.25) is 0 Å². The molecule has 3 aromatic rings. The zero-order chi connectivity index (χ0) is 18.2. The zero-order valence-corrected chi connectivity index (χ0v) is 15.4. The maximum absolute atomic E-state index is 10.5. The summed E-state index contributed by atoms with van der Waals surface area (Å²) in [4.78, 5) is 10.5. The van der Waals surface area contributed by atoms with Crippen molar-refractivity contribution in [1.29, 1.82) is 0 Å². The smallest absolute Gasteiger partial charge is 0.303 e. The molecule has 0 bridgehead atoms. The van der Waals surface area contributed by atoms with Crippen molar-refractivity contribution in [2.24, 2.45) is 0 Å². The molecule has 0 radical (unpaired) electrons. The lowest BCUT2D eigenvalue weighted by molar-refractivity contribution is -0.137. The first-order chi connectivity index (χ1) is 12.7. The Morgan fingerprint density at radius 3 is 2.15 bits per heavy atom. The zero-order valence-electron chi connectivity index (χ0n) is 15.4. The number of benzene rings is 3. The first-order valence-corrected chi connectivity index (χ1v) is 9.86. The molecule has 0 fully saturated rings. The van der Waals surface area contributed by atoms with Gasteiger partial charge in [0, 0.05) is 6.42 Å². The van der Waals surface area contributed by atoms with Crippen molar-refractivity contribution in [2.45, 2.75) is 57.8 Å². The molecular formula is C24H28O2. The van der Waals surface area contributed by atoms with Crippen molar-refractivity contribution >= 4 is 27.5 Å². The lowest BCUT2D eigenvalue weighted by atomic mass is 9.98. The molecule has 0 atom stereocenters. The van der Waals surface area contributed by atoms with Crippen molar-refractivity contribution in [1.82, 2.24) is 0 Å². The van der Waals surface area contributed by atoms with Crippen LogP contribution in [-0.2, 0) is 11.2 Å². The van der Waals surface area contributed by atoms with Gasteiger partial charge >= 0.3 is 5.97 Å². The molecule has 26 heavy (non-hydrogen) atoms. The maximum Gasteiger partial charge on any atom is 0.303 e. The Labute approximate surface area is 155 Å². The molecule has 0 spiro atoms. The van der Waals surface area contributed by atoms with Crippen molar-refractivity contribution in [3.05, 3.63) is 60.2 Å². The molecule has 0 unspecified atom stereocenters. The summed E-state index contributed by atoms with van der Waals surface area (Å²) in [5.74, 6) is -0.673. The third-order valence-corrected chi connectivity index (χ3v) is 5.17. The van der Waals surface area contributed by atoms with Crippen LogP contribution in [0.4, 0.5) is 0 Å². The third-order valence-electron chi connectivity index (χ3n) is 5.17. The quantitative estimate of drug-likeness (QED) is 0.325. The average Bonchev–Trinajstić information content (AvgIpc) is 2.66. The first-order valence-electron chi connectivity index (χ1n) is 9.86. The molecular weight excluding hydrogens is 320 g/mol. The van der Waals surface area contributed by atoms with E-state index in [-0.39, 0.29) is 0 Å². The number of carbonyl (C=O) groups is 1. The van der Waals surface area contributed by atoms with E-state index in [9.17, 15) is 4.79 Å². The largest absolute Gasteiger partial charge is 0.481 e. The molecule has 0 aromatic heterocycles. The Kier molecular flexibility index (Phi) is 6.65.